The molecule has 152 valence electrons. The summed E-state index contributed by atoms with van der Waals surface area (Å²) in [4.78, 5) is 23.0. The summed E-state index contributed by atoms with van der Waals surface area (Å²) < 4.78 is 6.47. The van der Waals surface area contributed by atoms with Crippen molar-refractivity contribution >= 4 is 12.4 Å². The maximum Gasteiger partial charge on any atom is 0.290 e. The van der Waals surface area contributed by atoms with E-state index in [-0.39, 0.29) is 18.0 Å². The molecule has 0 aromatic carbocycles. The third-order valence-corrected chi connectivity index (χ3v) is 6.56. The van der Waals surface area contributed by atoms with Gasteiger partial charge < -0.3 is 15.2 Å². The number of carbonyl (C=O) groups excluding carboxylic acids is 1. The molecule has 0 radical (unpaired) electrons. The molecule has 0 aromatic heterocycles. The van der Waals surface area contributed by atoms with Crippen molar-refractivity contribution < 1.29 is 19.4 Å². The van der Waals surface area contributed by atoms with E-state index in [1.54, 1.807) is 0 Å². The second-order valence-corrected chi connectivity index (χ2v) is 8.89. The minimum atomic E-state index is -0.250. The lowest BCUT2D eigenvalue weighted by molar-refractivity contribution is -0.123. The Morgan fingerprint density at radius 3 is 2.74 bits per heavy atom. The van der Waals surface area contributed by atoms with Crippen LogP contribution in [-0.4, -0.2) is 60.3 Å². The number of nitrogens with zero attached hydrogens (tertiary/aromatic N) is 1. The fraction of sp³-hybridized carbons (Fsp3) is 0.810. The van der Waals surface area contributed by atoms with Gasteiger partial charge in [-0.05, 0) is 51.9 Å². The Kier molecular flexibility index (Phi) is 6.58. The Morgan fingerprint density at radius 2 is 2.07 bits per heavy atom. The maximum absolute atomic E-state index is 12.0. The number of fused-ring (bicyclic) bond motifs is 1. The topological polar surface area (TPSA) is 78.9 Å². The van der Waals surface area contributed by atoms with Gasteiger partial charge in [0.15, 0.2) is 0 Å². The van der Waals surface area contributed by atoms with Crippen LogP contribution in [0.25, 0.3) is 0 Å². The highest BCUT2D eigenvalue weighted by molar-refractivity contribution is 5.76. The zero-order chi connectivity index (χ0) is 19.4. The number of carboxylic acid groups (broad SMARTS) is 1. The molecule has 4 rings (SSSR count). The molecule has 1 saturated carbocycles. The molecule has 3 aliphatic heterocycles. The van der Waals surface area contributed by atoms with Gasteiger partial charge in [0.05, 0.1) is 11.7 Å². The van der Waals surface area contributed by atoms with Crippen molar-refractivity contribution in [1.29, 1.82) is 0 Å². The highest BCUT2D eigenvalue weighted by Crippen LogP contribution is 2.54. The van der Waals surface area contributed by atoms with Gasteiger partial charge in [0.25, 0.3) is 6.47 Å². The van der Waals surface area contributed by atoms with Gasteiger partial charge in [-0.1, -0.05) is 11.6 Å². The van der Waals surface area contributed by atoms with Crippen molar-refractivity contribution in [2.45, 2.75) is 64.1 Å². The Hall–Kier alpha value is -1.40. The molecule has 2 N–H and O–H groups in total. The fourth-order valence-corrected chi connectivity index (χ4v) is 5.15. The predicted molar refractivity (Wildman–Crippen MR) is 103 cm³/mol. The molecule has 4 atom stereocenters. The first-order valence-electron chi connectivity index (χ1n) is 10.4. The van der Waals surface area contributed by atoms with E-state index in [4.69, 9.17) is 14.6 Å². The monoisotopic (exact) mass is 378 g/mol. The van der Waals surface area contributed by atoms with Crippen molar-refractivity contribution in [2.75, 3.05) is 26.2 Å². The second-order valence-electron chi connectivity index (χ2n) is 8.89. The number of nitrogens with one attached hydrogen (secondary N) is 1. The number of ether oxygens (including phenoxy) is 1. The molecule has 1 spiro atoms. The first-order chi connectivity index (χ1) is 13.0. The molecular formula is C21H34N2O4. The van der Waals surface area contributed by atoms with Gasteiger partial charge in [-0.25, -0.2) is 0 Å². The van der Waals surface area contributed by atoms with E-state index in [0.29, 0.717) is 23.9 Å². The minimum absolute atomic E-state index is 0.0987. The molecule has 0 aromatic rings. The van der Waals surface area contributed by atoms with Crippen LogP contribution in [0.4, 0.5) is 0 Å². The summed E-state index contributed by atoms with van der Waals surface area (Å²) in [5, 5.41) is 10.1. The SMILES string of the molecule is CC(C)=CCCN1C[C@@H]2[C@H](CNC(=O)CC3CC3)[C@H]3CC[C@]2(C1)O3.O=CO. The van der Waals surface area contributed by atoms with Gasteiger partial charge in [0.1, 0.15) is 0 Å². The summed E-state index contributed by atoms with van der Waals surface area (Å²) in [6, 6.07) is 0. The first-order valence-corrected chi connectivity index (χ1v) is 10.4. The number of hydrogen-bond acceptors (Lipinski definition) is 4. The third-order valence-electron chi connectivity index (χ3n) is 6.56. The van der Waals surface area contributed by atoms with Crippen LogP contribution in [0.2, 0.25) is 0 Å². The second kappa shape index (κ2) is 8.74. The van der Waals surface area contributed by atoms with E-state index in [9.17, 15) is 4.79 Å². The van der Waals surface area contributed by atoms with E-state index < -0.39 is 0 Å². The summed E-state index contributed by atoms with van der Waals surface area (Å²) in [7, 11) is 0. The molecule has 4 aliphatic rings. The molecule has 1 amide bonds. The van der Waals surface area contributed by atoms with Crippen LogP contribution < -0.4 is 5.32 Å². The standard InChI is InChI=1S/C20H32N2O2.CH2O2/c1-14(2)4-3-9-22-12-17-16(11-21-19(23)10-15-5-6-15)18-7-8-20(17,13-22)24-18;2-1-3/h4,15-18H,3,5-13H2,1-2H3,(H,21,23);1H,(H,2,3)/t16-,17+,18+,20+;/m0./s1. The number of carbonyl (C=O) groups is 2. The molecule has 6 heteroatoms. The first kappa shape index (κ1) is 20.3. The molecule has 3 saturated heterocycles. The van der Waals surface area contributed by atoms with Gasteiger partial charge in [0, 0.05) is 44.4 Å². The Bertz CT molecular complexity index is 571. The van der Waals surface area contributed by atoms with Gasteiger partial charge >= 0.3 is 0 Å². The van der Waals surface area contributed by atoms with Crippen LogP contribution in [0, 0.1) is 17.8 Å². The molecule has 4 fully saturated rings. The van der Waals surface area contributed by atoms with Crippen molar-refractivity contribution in [2.24, 2.45) is 17.8 Å². The largest absolute Gasteiger partial charge is 0.483 e. The number of amides is 1. The van der Waals surface area contributed by atoms with Crippen molar-refractivity contribution in [3.8, 4) is 0 Å². The summed E-state index contributed by atoms with van der Waals surface area (Å²) in [6.07, 6.45) is 9.48. The van der Waals surface area contributed by atoms with Crippen molar-refractivity contribution in [3.63, 3.8) is 0 Å². The average molecular weight is 379 g/mol. The fourth-order valence-electron chi connectivity index (χ4n) is 5.15. The lowest BCUT2D eigenvalue weighted by Gasteiger charge is -2.29. The Morgan fingerprint density at radius 1 is 1.33 bits per heavy atom. The summed E-state index contributed by atoms with van der Waals surface area (Å²) in [6.45, 7) is 8.29. The van der Waals surface area contributed by atoms with Gasteiger partial charge in [-0.15, -0.1) is 0 Å². The summed E-state index contributed by atoms with van der Waals surface area (Å²) in [5.74, 6) is 2.07. The molecular weight excluding hydrogens is 344 g/mol. The van der Waals surface area contributed by atoms with Crippen LogP contribution in [0.3, 0.4) is 0 Å². The van der Waals surface area contributed by atoms with Crippen molar-refractivity contribution in [1.82, 2.24) is 10.2 Å². The van der Waals surface area contributed by atoms with Crippen LogP contribution in [0.1, 0.15) is 52.4 Å². The lowest BCUT2D eigenvalue weighted by Crippen LogP contribution is -2.41. The third kappa shape index (κ3) is 4.91. The Labute approximate surface area is 162 Å². The Balaban J connectivity index is 0.000000659. The quantitative estimate of drug-likeness (QED) is 0.525. The van der Waals surface area contributed by atoms with Gasteiger partial charge in [-0.2, -0.15) is 0 Å². The molecule has 27 heavy (non-hydrogen) atoms. The van der Waals surface area contributed by atoms with Crippen molar-refractivity contribution in [3.05, 3.63) is 11.6 Å². The van der Waals surface area contributed by atoms with Crippen LogP contribution in [-0.2, 0) is 14.3 Å². The van der Waals surface area contributed by atoms with E-state index in [1.165, 1.54) is 31.3 Å². The molecule has 0 unspecified atom stereocenters. The van der Waals surface area contributed by atoms with E-state index in [2.05, 4.69) is 30.1 Å². The van der Waals surface area contributed by atoms with Gasteiger partial charge in [-0.3, -0.25) is 14.5 Å². The van der Waals surface area contributed by atoms with Crippen LogP contribution in [0.15, 0.2) is 11.6 Å². The average Bonchev–Trinajstić information content (AvgIpc) is 3.10. The highest BCUT2D eigenvalue weighted by Gasteiger charge is 2.62. The lowest BCUT2D eigenvalue weighted by atomic mass is 9.73. The molecule has 2 bridgehead atoms. The smallest absolute Gasteiger partial charge is 0.290 e. The number of hydrogen-bond donors (Lipinski definition) is 2. The number of rotatable bonds is 7. The van der Waals surface area contributed by atoms with Crippen LogP contribution in [0.5, 0.6) is 0 Å². The van der Waals surface area contributed by atoms with E-state index in [0.717, 1.165) is 39.0 Å². The predicted octanol–water partition coefficient (Wildman–Crippen LogP) is 2.44. The normalized spacial score (nSPS) is 33.8. The zero-order valence-corrected chi connectivity index (χ0v) is 16.7. The summed E-state index contributed by atoms with van der Waals surface area (Å²) in [5.41, 5.74) is 1.50. The number of allylic oxidation sites excluding steroid dienone is 1. The van der Waals surface area contributed by atoms with E-state index in [1.807, 2.05) is 0 Å². The molecule has 6 nitrogen and oxygen atoms in total. The molecule has 3 heterocycles. The highest BCUT2D eigenvalue weighted by atomic mass is 16.5. The minimum Gasteiger partial charge on any atom is -0.483 e. The van der Waals surface area contributed by atoms with E-state index >= 15 is 0 Å². The number of likely N-dealkylation sites (tertiary alicyclic amines) is 1. The zero-order valence-electron chi connectivity index (χ0n) is 16.7. The molecule has 1 aliphatic carbocycles. The maximum atomic E-state index is 12.0. The van der Waals surface area contributed by atoms with Crippen LogP contribution >= 0.6 is 0 Å². The summed E-state index contributed by atoms with van der Waals surface area (Å²) >= 11 is 0. The van der Waals surface area contributed by atoms with Gasteiger partial charge in [0.2, 0.25) is 5.91 Å².